The number of thiophene rings is 1. The molecule has 5 heteroatoms. The molecule has 1 amide bonds. The quantitative estimate of drug-likeness (QED) is 0.862. The maximum atomic E-state index is 12.5. The van der Waals surface area contributed by atoms with E-state index < -0.39 is 0 Å². The summed E-state index contributed by atoms with van der Waals surface area (Å²) in [5.74, 6) is 0.289. The van der Waals surface area contributed by atoms with Gasteiger partial charge in [-0.25, -0.2) is 0 Å². The standard InChI is InChI=1S/C18H18N2O2S/c1-22-15-9-6-5-8-13(15)17(21)20-18-14(11-19)12-7-3-2-4-10-16(12)23-18/h5-6,8-9H,2-4,7,10H2,1H3,(H,20,21). The first-order chi connectivity index (χ1) is 11.2. The minimum atomic E-state index is -0.240. The first-order valence-corrected chi connectivity index (χ1v) is 8.55. The highest BCUT2D eigenvalue weighted by Crippen LogP contribution is 2.37. The number of benzene rings is 1. The van der Waals surface area contributed by atoms with Crippen LogP contribution in [0.4, 0.5) is 5.00 Å². The van der Waals surface area contributed by atoms with Crippen LogP contribution in [0.5, 0.6) is 5.75 Å². The summed E-state index contributed by atoms with van der Waals surface area (Å²) in [6, 6.07) is 9.38. The number of carbonyl (C=O) groups excluding carboxylic acids is 1. The van der Waals surface area contributed by atoms with E-state index in [0.29, 0.717) is 21.9 Å². The Morgan fingerprint density at radius 2 is 2.04 bits per heavy atom. The number of nitrogens with zero attached hydrogens (tertiary/aromatic N) is 1. The first kappa shape index (κ1) is 15.6. The van der Waals surface area contributed by atoms with E-state index in [1.54, 1.807) is 36.6 Å². The van der Waals surface area contributed by atoms with E-state index in [-0.39, 0.29) is 5.91 Å². The lowest BCUT2D eigenvalue weighted by atomic mass is 10.1. The van der Waals surface area contributed by atoms with Crippen molar-refractivity contribution in [2.45, 2.75) is 32.1 Å². The molecular weight excluding hydrogens is 308 g/mol. The second-order valence-corrected chi connectivity index (χ2v) is 6.64. The summed E-state index contributed by atoms with van der Waals surface area (Å²) in [6.07, 6.45) is 5.39. The summed E-state index contributed by atoms with van der Waals surface area (Å²) in [4.78, 5) is 13.8. The van der Waals surface area contributed by atoms with Gasteiger partial charge in [0, 0.05) is 4.88 Å². The summed E-state index contributed by atoms with van der Waals surface area (Å²) in [6.45, 7) is 0. The average molecular weight is 326 g/mol. The minimum absolute atomic E-state index is 0.240. The zero-order chi connectivity index (χ0) is 16.2. The fourth-order valence-electron chi connectivity index (χ4n) is 2.95. The summed E-state index contributed by atoms with van der Waals surface area (Å²) in [5, 5.41) is 13.1. The van der Waals surface area contributed by atoms with Crippen molar-refractivity contribution in [2.75, 3.05) is 12.4 Å². The Balaban J connectivity index is 1.91. The number of hydrogen-bond donors (Lipinski definition) is 1. The largest absolute Gasteiger partial charge is 0.496 e. The first-order valence-electron chi connectivity index (χ1n) is 7.73. The highest BCUT2D eigenvalue weighted by atomic mass is 32.1. The number of aryl methyl sites for hydroxylation is 1. The number of fused-ring (bicyclic) bond motifs is 1. The smallest absolute Gasteiger partial charge is 0.260 e. The van der Waals surface area contributed by atoms with Crippen LogP contribution in [0.2, 0.25) is 0 Å². The van der Waals surface area contributed by atoms with Gasteiger partial charge in [0.15, 0.2) is 0 Å². The van der Waals surface area contributed by atoms with Crippen molar-refractivity contribution in [1.29, 1.82) is 5.26 Å². The van der Waals surface area contributed by atoms with Gasteiger partial charge in [-0.15, -0.1) is 11.3 Å². The van der Waals surface area contributed by atoms with Gasteiger partial charge in [0.05, 0.1) is 18.2 Å². The van der Waals surface area contributed by atoms with Crippen LogP contribution in [0.1, 0.15) is 45.6 Å². The molecule has 0 radical (unpaired) electrons. The molecule has 1 aliphatic carbocycles. The van der Waals surface area contributed by atoms with Gasteiger partial charge in [-0.3, -0.25) is 4.79 Å². The Hall–Kier alpha value is -2.32. The molecule has 118 valence electrons. The van der Waals surface area contributed by atoms with E-state index >= 15 is 0 Å². The van der Waals surface area contributed by atoms with Crippen LogP contribution in [-0.2, 0) is 12.8 Å². The number of nitriles is 1. The van der Waals surface area contributed by atoms with Crippen LogP contribution in [0.25, 0.3) is 0 Å². The van der Waals surface area contributed by atoms with Gasteiger partial charge >= 0.3 is 0 Å². The average Bonchev–Trinajstić information content (AvgIpc) is 2.74. The maximum Gasteiger partial charge on any atom is 0.260 e. The number of nitrogens with one attached hydrogen (secondary N) is 1. The van der Waals surface area contributed by atoms with Gasteiger partial charge in [-0.05, 0) is 43.4 Å². The molecule has 0 atom stereocenters. The van der Waals surface area contributed by atoms with Gasteiger partial charge < -0.3 is 10.1 Å². The predicted octanol–water partition coefficient (Wildman–Crippen LogP) is 4.15. The number of anilines is 1. The third kappa shape index (κ3) is 3.08. The molecule has 1 aromatic heterocycles. The van der Waals surface area contributed by atoms with Gasteiger partial charge in [0.25, 0.3) is 5.91 Å². The number of hydrogen-bond acceptors (Lipinski definition) is 4. The summed E-state index contributed by atoms with van der Waals surface area (Å²) >= 11 is 1.54. The van der Waals surface area contributed by atoms with E-state index in [1.807, 2.05) is 6.07 Å². The van der Waals surface area contributed by atoms with Crippen molar-refractivity contribution >= 4 is 22.2 Å². The van der Waals surface area contributed by atoms with Crippen molar-refractivity contribution in [3.05, 3.63) is 45.8 Å². The Kier molecular flexibility index (Phi) is 4.63. The van der Waals surface area contributed by atoms with Crippen LogP contribution in [0, 0.1) is 11.3 Å². The topological polar surface area (TPSA) is 62.1 Å². The molecule has 0 bridgehead atoms. The van der Waals surface area contributed by atoms with Crippen LogP contribution in [0.3, 0.4) is 0 Å². The van der Waals surface area contributed by atoms with E-state index in [1.165, 1.54) is 11.3 Å². The van der Waals surface area contributed by atoms with Crippen LogP contribution >= 0.6 is 11.3 Å². The molecule has 0 saturated carbocycles. The molecule has 1 heterocycles. The molecule has 4 nitrogen and oxygen atoms in total. The van der Waals surface area contributed by atoms with E-state index in [9.17, 15) is 10.1 Å². The molecule has 0 aliphatic heterocycles. The minimum Gasteiger partial charge on any atom is -0.496 e. The molecule has 0 fully saturated rings. The highest BCUT2D eigenvalue weighted by Gasteiger charge is 2.22. The predicted molar refractivity (Wildman–Crippen MR) is 91.2 cm³/mol. The van der Waals surface area contributed by atoms with Crippen LogP contribution in [0.15, 0.2) is 24.3 Å². The molecule has 23 heavy (non-hydrogen) atoms. The van der Waals surface area contributed by atoms with Gasteiger partial charge in [-0.1, -0.05) is 18.6 Å². The second kappa shape index (κ2) is 6.84. The van der Waals surface area contributed by atoms with Gasteiger partial charge in [0.2, 0.25) is 0 Å². The molecular formula is C18H18N2O2S. The number of para-hydroxylation sites is 1. The van der Waals surface area contributed by atoms with Crippen LogP contribution in [-0.4, -0.2) is 13.0 Å². The van der Waals surface area contributed by atoms with E-state index in [4.69, 9.17) is 4.74 Å². The van der Waals surface area contributed by atoms with Gasteiger partial charge in [-0.2, -0.15) is 5.26 Å². The zero-order valence-electron chi connectivity index (χ0n) is 13.0. The molecule has 3 rings (SSSR count). The summed E-state index contributed by atoms with van der Waals surface area (Å²) < 4.78 is 5.24. The Labute approximate surface area is 139 Å². The second-order valence-electron chi connectivity index (χ2n) is 5.53. The monoisotopic (exact) mass is 326 g/mol. The number of carbonyl (C=O) groups is 1. The van der Waals surface area contributed by atoms with E-state index in [0.717, 1.165) is 31.2 Å². The molecule has 2 aromatic rings. The third-order valence-corrected chi connectivity index (χ3v) is 5.32. The molecule has 1 aromatic carbocycles. The normalized spacial score (nSPS) is 13.6. The molecule has 1 N–H and O–H groups in total. The van der Waals surface area contributed by atoms with Crippen molar-refractivity contribution < 1.29 is 9.53 Å². The summed E-state index contributed by atoms with van der Waals surface area (Å²) in [7, 11) is 1.54. The fourth-order valence-corrected chi connectivity index (χ4v) is 4.19. The lowest BCUT2D eigenvalue weighted by molar-refractivity contribution is 0.102. The third-order valence-electron chi connectivity index (χ3n) is 4.11. The lowest BCUT2D eigenvalue weighted by Crippen LogP contribution is -2.13. The highest BCUT2D eigenvalue weighted by molar-refractivity contribution is 7.16. The van der Waals surface area contributed by atoms with Gasteiger partial charge in [0.1, 0.15) is 16.8 Å². The Bertz CT molecular complexity index is 774. The zero-order valence-corrected chi connectivity index (χ0v) is 13.8. The molecule has 1 aliphatic rings. The van der Waals surface area contributed by atoms with Crippen molar-refractivity contribution in [2.24, 2.45) is 0 Å². The molecule has 0 saturated heterocycles. The summed E-state index contributed by atoms with van der Waals surface area (Å²) in [5.41, 5.74) is 2.24. The number of rotatable bonds is 3. The van der Waals surface area contributed by atoms with Crippen molar-refractivity contribution in [3.8, 4) is 11.8 Å². The van der Waals surface area contributed by atoms with E-state index in [2.05, 4.69) is 11.4 Å². The Morgan fingerprint density at radius 1 is 1.26 bits per heavy atom. The maximum absolute atomic E-state index is 12.5. The number of methoxy groups -OCH3 is 1. The number of ether oxygens (including phenoxy) is 1. The molecule has 0 spiro atoms. The van der Waals surface area contributed by atoms with Crippen LogP contribution < -0.4 is 10.1 Å². The van der Waals surface area contributed by atoms with Crippen molar-refractivity contribution in [1.82, 2.24) is 0 Å². The molecule has 0 unspecified atom stereocenters. The fraction of sp³-hybridized carbons (Fsp3) is 0.333. The Morgan fingerprint density at radius 3 is 2.83 bits per heavy atom. The number of amides is 1. The SMILES string of the molecule is COc1ccccc1C(=O)Nc1sc2c(c1C#N)CCCCC2. The van der Waals surface area contributed by atoms with Crippen molar-refractivity contribution in [3.63, 3.8) is 0 Å². The lowest BCUT2D eigenvalue weighted by Gasteiger charge is -2.08.